The maximum absolute atomic E-state index is 13.3. The number of hydrogen-bond acceptors (Lipinski definition) is 18. The van der Waals surface area contributed by atoms with Crippen LogP contribution in [0.3, 0.4) is 0 Å². The Morgan fingerprint density at radius 1 is 0.443 bits per heavy atom. The number of allylic oxidation sites excluding steroid dienone is 7. The van der Waals surface area contributed by atoms with Gasteiger partial charge in [-0.15, -0.1) is 0 Å². The van der Waals surface area contributed by atoms with Gasteiger partial charge in [-0.2, -0.15) is 0 Å². The van der Waals surface area contributed by atoms with E-state index in [-0.39, 0.29) is 18.9 Å². The summed E-state index contributed by atoms with van der Waals surface area (Å²) < 4.78 is 34.2. The second kappa shape index (κ2) is 43.4. The lowest BCUT2D eigenvalue weighted by Gasteiger charge is -2.48. The summed E-state index contributed by atoms with van der Waals surface area (Å²) in [6.45, 7) is 1.66. The zero-order valence-corrected chi connectivity index (χ0v) is 47.8. The summed E-state index contributed by atoms with van der Waals surface area (Å²) in [6, 6.07) is -0.996. The zero-order chi connectivity index (χ0) is 57.6. The van der Waals surface area contributed by atoms with Gasteiger partial charge in [0, 0.05) is 6.42 Å². The minimum absolute atomic E-state index is 0.229. The molecule has 3 saturated heterocycles. The van der Waals surface area contributed by atoms with Crippen LogP contribution in [0.5, 0.6) is 0 Å². The fraction of sp³-hybridized carbons (Fsp3) is 0.850. The number of aliphatic hydroxyl groups excluding tert-OH is 11. The van der Waals surface area contributed by atoms with Gasteiger partial charge in [-0.1, -0.05) is 165 Å². The van der Waals surface area contributed by atoms with Crippen LogP contribution in [0.1, 0.15) is 194 Å². The maximum Gasteiger partial charge on any atom is 0.220 e. The van der Waals surface area contributed by atoms with Crippen molar-refractivity contribution in [3.63, 3.8) is 0 Å². The highest BCUT2D eigenvalue weighted by atomic mass is 16.8. The van der Waals surface area contributed by atoms with E-state index in [1.165, 1.54) is 103 Å². The lowest BCUT2D eigenvalue weighted by atomic mass is 9.96. The monoisotopic (exact) mass is 1130 g/mol. The van der Waals surface area contributed by atoms with Gasteiger partial charge in [0.15, 0.2) is 18.9 Å². The van der Waals surface area contributed by atoms with E-state index in [4.69, 9.17) is 28.4 Å². The van der Waals surface area contributed by atoms with Crippen molar-refractivity contribution in [2.45, 2.75) is 298 Å². The molecular formula is C60H107NO18. The minimum Gasteiger partial charge on any atom is -0.394 e. The number of hydrogen-bond donors (Lipinski definition) is 12. The van der Waals surface area contributed by atoms with Gasteiger partial charge in [0.1, 0.15) is 73.2 Å². The van der Waals surface area contributed by atoms with Crippen molar-refractivity contribution in [3.8, 4) is 0 Å². The van der Waals surface area contributed by atoms with Gasteiger partial charge in [-0.05, 0) is 70.6 Å². The molecule has 0 aromatic heterocycles. The molecule has 0 spiro atoms. The van der Waals surface area contributed by atoms with E-state index in [1.807, 2.05) is 6.08 Å². The lowest BCUT2D eigenvalue weighted by Crippen LogP contribution is -2.66. The number of ether oxygens (including phenoxy) is 6. The molecular weight excluding hydrogens is 1020 g/mol. The summed E-state index contributed by atoms with van der Waals surface area (Å²) in [6.07, 6.45) is 20.9. The molecule has 0 bridgehead atoms. The first-order valence-electron chi connectivity index (χ1n) is 30.4. The Morgan fingerprint density at radius 3 is 1.27 bits per heavy atom. The number of carbonyl (C=O) groups excluding carboxylic acids is 1. The standard InChI is InChI=1S/C60H107NO18/c1-3-5-7-9-11-13-15-17-19-20-21-22-24-26-28-30-32-34-36-38-48(66)61-43(44(65)37-35-33-31-29-27-25-23-18-16-14-12-10-8-6-4-2)42-74-58-54(72)51(69)56(46(40-63)76-58)79-60-55(73)52(70)57(47(41-64)77-60)78-59-53(71)50(68)49(67)45(39-62)75-59/h16-19,27,29,35,37,43-47,49-60,62-65,67-73H,3-15,20-26,28,30-34,36,38-42H2,1-2H3,(H,61,66)/b18-16+,19-17-,29-27+,37-35+. The minimum atomic E-state index is -1.98. The van der Waals surface area contributed by atoms with Gasteiger partial charge in [0.25, 0.3) is 0 Å². The van der Waals surface area contributed by atoms with Crippen molar-refractivity contribution in [1.29, 1.82) is 0 Å². The smallest absolute Gasteiger partial charge is 0.220 e. The summed E-state index contributed by atoms with van der Waals surface area (Å²) >= 11 is 0. The van der Waals surface area contributed by atoms with E-state index in [2.05, 4.69) is 55.6 Å². The number of aliphatic hydroxyl groups is 11. The van der Waals surface area contributed by atoms with Crippen LogP contribution < -0.4 is 5.32 Å². The number of amides is 1. The van der Waals surface area contributed by atoms with E-state index >= 15 is 0 Å². The predicted octanol–water partition coefficient (Wildman–Crippen LogP) is 5.48. The molecule has 0 aromatic carbocycles. The number of rotatable bonds is 44. The molecule has 0 aromatic rings. The summed E-state index contributed by atoms with van der Waals surface area (Å²) in [5, 5.41) is 120. The van der Waals surface area contributed by atoms with E-state index in [0.717, 1.165) is 57.8 Å². The first kappa shape index (κ1) is 71.0. The molecule has 19 nitrogen and oxygen atoms in total. The van der Waals surface area contributed by atoms with Gasteiger partial charge in [-0.25, -0.2) is 0 Å². The van der Waals surface area contributed by atoms with Gasteiger partial charge >= 0.3 is 0 Å². The molecule has 3 fully saturated rings. The van der Waals surface area contributed by atoms with E-state index < -0.39 is 124 Å². The average molecular weight is 1130 g/mol. The van der Waals surface area contributed by atoms with Crippen molar-refractivity contribution in [3.05, 3.63) is 48.6 Å². The molecule has 0 radical (unpaired) electrons. The fourth-order valence-corrected chi connectivity index (χ4v) is 10.0. The van der Waals surface area contributed by atoms with Gasteiger partial charge in [0.05, 0.1) is 38.6 Å². The fourth-order valence-electron chi connectivity index (χ4n) is 10.0. The van der Waals surface area contributed by atoms with Crippen molar-refractivity contribution in [2.24, 2.45) is 0 Å². The highest BCUT2D eigenvalue weighted by molar-refractivity contribution is 5.76. The molecule has 19 heteroatoms. The third kappa shape index (κ3) is 27.3. The second-order valence-electron chi connectivity index (χ2n) is 21.8. The van der Waals surface area contributed by atoms with Crippen LogP contribution in [-0.4, -0.2) is 193 Å². The van der Waals surface area contributed by atoms with Crippen LogP contribution in [-0.2, 0) is 33.2 Å². The zero-order valence-electron chi connectivity index (χ0n) is 47.8. The molecule has 12 N–H and O–H groups in total. The molecule has 3 heterocycles. The Kier molecular flexibility index (Phi) is 39.0. The maximum atomic E-state index is 13.3. The van der Waals surface area contributed by atoms with Crippen molar-refractivity contribution in [2.75, 3.05) is 26.4 Å². The highest BCUT2D eigenvalue weighted by Gasteiger charge is 2.53. The van der Waals surface area contributed by atoms with Crippen LogP contribution >= 0.6 is 0 Å². The molecule has 460 valence electrons. The number of nitrogens with one attached hydrogen (secondary N) is 1. The Hall–Kier alpha value is -2.25. The molecule has 17 atom stereocenters. The summed E-state index contributed by atoms with van der Waals surface area (Å²) in [7, 11) is 0. The molecule has 17 unspecified atom stereocenters. The third-order valence-electron chi connectivity index (χ3n) is 15.1. The number of carbonyl (C=O) groups is 1. The first-order valence-corrected chi connectivity index (χ1v) is 30.4. The van der Waals surface area contributed by atoms with Gasteiger partial charge in [0.2, 0.25) is 5.91 Å². The second-order valence-corrected chi connectivity index (χ2v) is 21.8. The molecule has 3 aliphatic heterocycles. The van der Waals surface area contributed by atoms with Crippen molar-refractivity contribution in [1.82, 2.24) is 5.32 Å². The molecule has 79 heavy (non-hydrogen) atoms. The largest absolute Gasteiger partial charge is 0.394 e. The van der Waals surface area contributed by atoms with Crippen LogP contribution in [0.15, 0.2) is 48.6 Å². The van der Waals surface area contributed by atoms with Crippen molar-refractivity contribution >= 4 is 5.91 Å². The molecule has 3 aliphatic rings. The van der Waals surface area contributed by atoms with Gasteiger partial charge in [-0.3, -0.25) is 4.79 Å². The first-order chi connectivity index (χ1) is 38.3. The number of unbranched alkanes of at least 4 members (excludes halogenated alkanes) is 22. The molecule has 0 saturated carbocycles. The van der Waals surface area contributed by atoms with E-state index in [0.29, 0.717) is 12.8 Å². The quantitative estimate of drug-likeness (QED) is 0.0265. The molecule has 0 aliphatic carbocycles. The van der Waals surface area contributed by atoms with E-state index in [9.17, 15) is 61.0 Å². The van der Waals surface area contributed by atoms with Crippen LogP contribution in [0.25, 0.3) is 0 Å². The Labute approximate surface area is 472 Å². The lowest BCUT2D eigenvalue weighted by molar-refractivity contribution is -0.379. The van der Waals surface area contributed by atoms with Crippen LogP contribution in [0.2, 0.25) is 0 Å². The van der Waals surface area contributed by atoms with Crippen molar-refractivity contribution < 1.29 is 89.4 Å². The summed E-state index contributed by atoms with van der Waals surface area (Å²) in [5.41, 5.74) is 0. The Morgan fingerprint density at radius 2 is 0.810 bits per heavy atom. The molecule has 1 amide bonds. The van der Waals surface area contributed by atoms with Crippen LogP contribution in [0, 0.1) is 0 Å². The SMILES string of the molecule is CCCCCCC/C=C/CC/C=C/CC/C=C/C(O)C(COC1OC(CO)C(OC2OC(CO)C(OC3OC(CO)C(O)C(O)C3O)C(O)C2O)C(O)C1O)NC(=O)CCCCCCCCCCC/C=C\CCCCCCCC. The average Bonchev–Trinajstić information content (AvgIpc) is 3.48. The summed E-state index contributed by atoms with van der Waals surface area (Å²) in [4.78, 5) is 13.3. The van der Waals surface area contributed by atoms with Crippen LogP contribution in [0.4, 0.5) is 0 Å². The topological polar surface area (TPSA) is 307 Å². The Balaban J connectivity index is 1.51. The van der Waals surface area contributed by atoms with Gasteiger partial charge < -0.3 is 89.9 Å². The highest BCUT2D eigenvalue weighted by Crippen LogP contribution is 2.33. The normalized spacial score (nSPS) is 30.6. The predicted molar refractivity (Wildman–Crippen MR) is 300 cm³/mol. The third-order valence-corrected chi connectivity index (χ3v) is 15.1. The summed E-state index contributed by atoms with van der Waals surface area (Å²) in [5.74, 6) is -0.294. The van der Waals surface area contributed by atoms with E-state index in [1.54, 1.807) is 6.08 Å². The Bertz CT molecular complexity index is 1630. The molecule has 3 rings (SSSR count).